The van der Waals surface area contributed by atoms with E-state index >= 15 is 0 Å². The Morgan fingerprint density at radius 1 is 1.50 bits per heavy atom. The highest BCUT2D eigenvalue weighted by atomic mass is 19.1. The lowest BCUT2D eigenvalue weighted by atomic mass is 10.1. The van der Waals surface area contributed by atoms with Crippen LogP contribution in [0.5, 0.6) is 5.75 Å². The Morgan fingerprint density at radius 2 is 2.21 bits per heavy atom. The van der Waals surface area contributed by atoms with Gasteiger partial charge in [0.1, 0.15) is 0 Å². The van der Waals surface area contributed by atoms with Gasteiger partial charge in [-0.3, -0.25) is 0 Å². The van der Waals surface area contributed by atoms with Crippen molar-refractivity contribution in [2.45, 2.75) is 26.3 Å². The summed E-state index contributed by atoms with van der Waals surface area (Å²) >= 11 is 0. The molecule has 78 valence electrons. The van der Waals surface area contributed by atoms with Gasteiger partial charge in [0, 0.05) is 6.04 Å². The molecule has 1 rings (SSSR count). The van der Waals surface area contributed by atoms with Crippen LogP contribution in [0.25, 0.3) is 0 Å². The third-order valence-electron chi connectivity index (χ3n) is 1.85. The van der Waals surface area contributed by atoms with Crippen molar-refractivity contribution >= 4 is 0 Å². The Bertz CT molecular complexity index is 299. The molecule has 1 aromatic rings. The van der Waals surface area contributed by atoms with Crippen molar-refractivity contribution in [1.82, 2.24) is 0 Å². The van der Waals surface area contributed by atoms with Crippen molar-refractivity contribution in [1.29, 1.82) is 0 Å². The van der Waals surface area contributed by atoms with Gasteiger partial charge in [-0.2, -0.15) is 0 Å². The number of rotatable bonds is 4. The minimum absolute atomic E-state index is 0.0485. The number of benzene rings is 1. The largest absolute Gasteiger partial charge is 0.491 e. The molecule has 1 aromatic carbocycles. The van der Waals surface area contributed by atoms with Crippen LogP contribution in [0.4, 0.5) is 4.39 Å². The SMILES string of the molecule is CCOc1ccc(CC(C)N)cc1F. The Balaban J connectivity index is 2.78. The number of nitrogens with two attached hydrogens (primary N) is 1. The molecule has 0 aliphatic heterocycles. The predicted octanol–water partition coefficient (Wildman–Crippen LogP) is 2.11. The maximum absolute atomic E-state index is 13.3. The van der Waals surface area contributed by atoms with E-state index in [0.717, 1.165) is 5.56 Å². The van der Waals surface area contributed by atoms with Gasteiger partial charge in [-0.15, -0.1) is 0 Å². The second-order valence-electron chi connectivity index (χ2n) is 3.38. The molecule has 0 fully saturated rings. The molecule has 2 N–H and O–H groups in total. The van der Waals surface area contributed by atoms with Crippen molar-refractivity contribution in [3.63, 3.8) is 0 Å². The third kappa shape index (κ3) is 3.00. The van der Waals surface area contributed by atoms with E-state index in [-0.39, 0.29) is 11.9 Å². The Labute approximate surface area is 83.9 Å². The second-order valence-corrected chi connectivity index (χ2v) is 3.38. The van der Waals surface area contributed by atoms with Crippen molar-refractivity contribution in [3.05, 3.63) is 29.6 Å². The zero-order chi connectivity index (χ0) is 10.6. The van der Waals surface area contributed by atoms with E-state index in [1.165, 1.54) is 6.07 Å². The topological polar surface area (TPSA) is 35.2 Å². The summed E-state index contributed by atoms with van der Waals surface area (Å²) in [6.07, 6.45) is 0.684. The molecule has 0 amide bonds. The number of halogens is 1. The van der Waals surface area contributed by atoms with Gasteiger partial charge in [-0.1, -0.05) is 6.07 Å². The maximum Gasteiger partial charge on any atom is 0.165 e. The van der Waals surface area contributed by atoms with Gasteiger partial charge in [-0.05, 0) is 38.0 Å². The fraction of sp³-hybridized carbons (Fsp3) is 0.455. The lowest BCUT2D eigenvalue weighted by molar-refractivity contribution is 0.321. The summed E-state index contributed by atoms with van der Waals surface area (Å²) in [7, 11) is 0. The van der Waals surface area contributed by atoms with Gasteiger partial charge in [0.05, 0.1) is 6.61 Å². The first kappa shape index (κ1) is 11.0. The average molecular weight is 197 g/mol. The normalized spacial score (nSPS) is 12.6. The first-order chi connectivity index (χ1) is 6.63. The number of hydrogen-bond acceptors (Lipinski definition) is 2. The van der Waals surface area contributed by atoms with Gasteiger partial charge in [0.15, 0.2) is 11.6 Å². The molecular weight excluding hydrogens is 181 g/mol. The molecule has 14 heavy (non-hydrogen) atoms. The van der Waals surface area contributed by atoms with Crippen LogP contribution >= 0.6 is 0 Å². The third-order valence-corrected chi connectivity index (χ3v) is 1.85. The highest BCUT2D eigenvalue weighted by Gasteiger charge is 2.05. The van der Waals surface area contributed by atoms with Gasteiger partial charge in [0.2, 0.25) is 0 Å². The van der Waals surface area contributed by atoms with E-state index in [2.05, 4.69) is 0 Å². The van der Waals surface area contributed by atoms with Crippen molar-refractivity contribution in [2.75, 3.05) is 6.61 Å². The van der Waals surface area contributed by atoms with Gasteiger partial charge >= 0.3 is 0 Å². The molecule has 0 spiro atoms. The fourth-order valence-corrected chi connectivity index (χ4v) is 1.32. The van der Waals surface area contributed by atoms with Gasteiger partial charge in [-0.25, -0.2) is 4.39 Å². The summed E-state index contributed by atoms with van der Waals surface area (Å²) in [5.74, 6) is -0.00840. The first-order valence-corrected chi connectivity index (χ1v) is 4.80. The Kier molecular flexibility index (Phi) is 3.89. The van der Waals surface area contributed by atoms with Crippen LogP contribution < -0.4 is 10.5 Å². The monoisotopic (exact) mass is 197 g/mol. The minimum Gasteiger partial charge on any atom is -0.491 e. The highest BCUT2D eigenvalue weighted by Crippen LogP contribution is 2.18. The van der Waals surface area contributed by atoms with Gasteiger partial charge < -0.3 is 10.5 Å². The molecule has 0 bridgehead atoms. The van der Waals surface area contributed by atoms with Crippen molar-refractivity contribution in [2.24, 2.45) is 5.73 Å². The molecule has 0 heterocycles. The molecule has 3 heteroatoms. The van der Waals surface area contributed by atoms with E-state index in [1.807, 2.05) is 19.9 Å². The molecular formula is C11H16FNO. The second kappa shape index (κ2) is 4.96. The highest BCUT2D eigenvalue weighted by molar-refractivity contribution is 5.29. The average Bonchev–Trinajstić information content (AvgIpc) is 2.09. The minimum atomic E-state index is -0.315. The zero-order valence-electron chi connectivity index (χ0n) is 8.59. The summed E-state index contributed by atoms with van der Waals surface area (Å²) in [4.78, 5) is 0. The molecule has 0 saturated heterocycles. The van der Waals surface area contributed by atoms with E-state index in [0.29, 0.717) is 18.8 Å². The number of ether oxygens (including phenoxy) is 1. The molecule has 2 nitrogen and oxygen atoms in total. The molecule has 0 aliphatic carbocycles. The van der Waals surface area contributed by atoms with Crippen LogP contribution in [-0.2, 0) is 6.42 Å². The van der Waals surface area contributed by atoms with Gasteiger partial charge in [0.25, 0.3) is 0 Å². The lowest BCUT2D eigenvalue weighted by Crippen LogP contribution is -2.17. The lowest BCUT2D eigenvalue weighted by Gasteiger charge is -2.08. The molecule has 0 aliphatic rings. The summed E-state index contributed by atoms with van der Waals surface area (Å²) in [5.41, 5.74) is 6.52. The molecule has 1 unspecified atom stereocenters. The number of hydrogen-bond donors (Lipinski definition) is 1. The summed E-state index contributed by atoms with van der Waals surface area (Å²) in [6.45, 7) is 4.20. The molecule has 0 saturated carbocycles. The van der Waals surface area contributed by atoms with Crippen molar-refractivity contribution in [3.8, 4) is 5.75 Å². The van der Waals surface area contributed by atoms with Crippen LogP contribution in [0.3, 0.4) is 0 Å². The van der Waals surface area contributed by atoms with E-state index in [4.69, 9.17) is 10.5 Å². The Hall–Kier alpha value is -1.09. The van der Waals surface area contributed by atoms with Crippen LogP contribution in [-0.4, -0.2) is 12.6 Å². The molecule has 1 atom stereocenters. The Morgan fingerprint density at radius 3 is 2.71 bits per heavy atom. The quantitative estimate of drug-likeness (QED) is 0.802. The predicted molar refractivity (Wildman–Crippen MR) is 54.9 cm³/mol. The van der Waals surface area contributed by atoms with Crippen LogP contribution in [0.15, 0.2) is 18.2 Å². The van der Waals surface area contributed by atoms with E-state index < -0.39 is 0 Å². The summed E-state index contributed by atoms with van der Waals surface area (Å²) in [5, 5.41) is 0. The smallest absolute Gasteiger partial charge is 0.165 e. The van der Waals surface area contributed by atoms with E-state index in [9.17, 15) is 4.39 Å². The fourth-order valence-electron chi connectivity index (χ4n) is 1.32. The summed E-state index contributed by atoms with van der Waals surface area (Å²) < 4.78 is 18.4. The van der Waals surface area contributed by atoms with Crippen LogP contribution in [0.1, 0.15) is 19.4 Å². The molecule has 0 radical (unpaired) electrons. The molecule has 0 aromatic heterocycles. The van der Waals surface area contributed by atoms with Crippen molar-refractivity contribution < 1.29 is 9.13 Å². The van der Waals surface area contributed by atoms with Crippen LogP contribution in [0, 0.1) is 5.82 Å². The zero-order valence-corrected chi connectivity index (χ0v) is 8.59. The van der Waals surface area contributed by atoms with Crippen LogP contribution in [0.2, 0.25) is 0 Å². The maximum atomic E-state index is 13.3. The standard InChI is InChI=1S/C11H16FNO/c1-3-14-11-5-4-9(6-8(2)13)7-10(11)12/h4-5,7-8H,3,6,13H2,1-2H3. The summed E-state index contributed by atoms with van der Waals surface area (Å²) in [6, 6.07) is 5.02. The van der Waals surface area contributed by atoms with E-state index in [1.54, 1.807) is 6.07 Å². The first-order valence-electron chi connectivity index (χ1n) is 4.80.